The van der Waals surface area contributed by atoms with Crippen LogP contribution in [0.5, 0.6) is 0 Å². The molecule has 3 atom stereocenters. The molecular weight excluding hydrogens is 346 g/mol. The number of likely N-dealkylation sites (tertiary alicyclic amines) is 1. The lowest BCUT2D eigenvalue weighted by molar-refractivity contribution is -0.147. The Labute approximate surface area is 168 Å². The maximum Gasteiger partial charge on any atom is 0.229 e. The Kier molecular flexibility index (Phi) is 4.53. The van der Waals surface area contributed by atoms with Gasteiger partial charge in [0.2, 0.25) is 5.91 Å². The summed E-state index contributed by atoms with van der Waals surface area (Å²) in [5.74, 6) is 1.80. The van der Waals surface area contributed by atoms with Gasteiger partial charge in [0.05, 0.1) is 11.7 Å². The first-order chi connectivity index (χ1) is 13.7. The van der Waals surface area contributed by atoms with Crippen LogP contribution in [-0.4, -0.2) is 33.4 Å². The molecule has 2 aliphatic carbocycles. The molecular formula is C24H31N3O. The van der Waals surface area contributed by atoms with Crippen molar-refractivity contribution in [2.45, 2.75) is 57.9 Å². The van der Waals surface area contributed by atoms with Gasteiger partial charge < -0.3 is 9.47 Å². The fourth-order valence-electron chi connectivity index (χ4n) is 6.37. The van der Waals surface area contributed by atoms with Gasteiger partial charge in [-0.05, 0) is 62.8 Å². The van der Waals surface area contributed by atoms with Crippen LogP contribution in [0.25, 0.3) is 0 Å². The zero-order valence-corrected chi connectivity index (χ0v) is 16.9. The first kappa shape index (κ1) is 18.0. The highest BCUT2D eigenvalue weighted by atomic mass is 16.2. The van der Waals surface area contributed by atoms with E-state index < -0.39 is 0 Å². The fraction of sp³-hybridized carbons (Fsp3) is 0.583. The molecule has 3 fully saturated rings. The second kappa shape index (κ2) is 7.06. The largest absolute Gasteiger partial charge is 0.342 e. The Morgan fingerprint density at radius 3 is 2.54 bits per heavy atom. The van der Waals surface area contributed by atoms with Crippen LogP contribution >= 0.6 is 0 Å². The molecule has 28 heavy (non-hydrogen) atoms. The first-order valence-corrected chi connectivity index (χ1v) is 11.0. The summed E-state index contributed by atoms with van der Waals surface area (Å²) in [5.41, 5.74) is 2.40. The zero-order chi connectivity index (χ0) is 19.1. The molecule has 2 bridgehead atoms. The van der Waals surface area contributed by atoms with Crippen molar-refractivity contribution in [3.05, 3.63) is 54.1 Å². The van der Waals surface area contributed by atoms with Crippen LogP contribution in [0.4, 0.5) is 0 Å². The van der Waals surface area contributed by atoms with Crippen molar-refractivity contribution in [2.24, 2.45) is 17.3 Å². The van der Waals surface area contributed by atoms with Crippen molar-refractivity contribution < 1.29 is 4.79 Å². The normalized spacial score (nSPS) is 30.1. The third-order valence-electron chi connectivity index (χ3n) is 7.77. The van der Waals surface area contributed by atoms with Crippen molar-refractivity contribution in [1.29, 1.82) is 0 Å². The van der Waals surface area contributed by atoms with Crippen molar-refractivity contribution in [1.82, 2.24) is 14.5 Å². The molecule has 1 amide bonds. The lowest BCUT2D eigenvalue weighted by Crippen LogP contribution is -2.50. The molecule has 1 aromatic carbocycles. The van der Waals surface area contributed by atoms with Crippen molar-refractivity contribution in [3.63, 3.8) is 0 Å². The molecule has 2 saturated carbocycles. The van der Waals surface area contributed by atoms with E-state index in [1.54, 1.807) is 0 Å². The lowest BCUT2D eigenvalue weighted by atomic mass is 9.68. The minimum atomic E-state index is -0.151. The van der Waals surface area contributed by atoms with Gasteiger partial charge in [0.25, 0.3) is 0 Å². The highest BCUT2D eigenvalue weighted by Gasteiger charge is 2.56. The second-order valence-electron chi connectivity index (χ2n) is 9.36. The van der Waals surface area contributed by atoms with Gasteiger partial charge in [-0.1, -0.05) is 36.8 Å². The van der Waals surface area contributed by atoms with Gasteiger partial charge in [0.15, 0.2) is 0 Å². The van der Waals surface area contributed by atoms with E-state index in [1.165, 1.54) is 30.5 Å². The number of benzene rings is 1. The quantitative estimate of drug-likeness (QED) is 0.792. The number of nitrogens with zero attached hydrogens (tertiary/aromatic N) is 3. The SMILES string of the molecule is Cc1cncn1C1CCN(C(=O)[C@]2(Cc3ccccc3)C[C@H]3CC[C@H]2C3)CC1. The highest BCUT2D eigenvalue weighted by Crippen LogP contribution is 2.58. The number of fused-ring (bicyclic) bond motifs is 2. The van der Waals surface area contributed by atoms with Crippen molar-refractivity contribution in [2.75, 3.05) is 13.1 Å². The van der Waals surface area contributed by atoms with Crippen molar-refractivity contribution >= 4 is 5.91 Å². The molecule has 0 radical (unpaired) electrons. The van der Waals surface area contributed by atoms with Crippen LogP contribution < -0.4 is 0 Å². The number of rotatable bonds is 4. The number of amides is 1. The van der Waals surface area contributed by atoms with Crippen LogP contribution in [0.3, 0.4) is 0 Å². The third kappa shape index (κ3) is 2.98. The van der Waals surface area contributed by atoms with E-state index in [-0.39, 0.29) is 5.41 Å². The van der Waals surface area contributed by atoms with Crippen LogP contribution in [0, 0.1) is 24.2 Å². The summed E-state index contributed by atoms with van der Waals surface area (Å²) in [6.07, 6.45) is 11.8. The number of hydrogen-bond acceptors (Lipinski definition) is 2. The Morgan fingerprint density at radius 1 is 1.14 bits per heavy atom. The molecule has 1 saturated heterocycles. The number of aromatic nitrogens is 2. The molecule has 5 rings (SSSR count). The summed E-state index contributed by atoms with van der Waals surface area (Å²) in [6, 6.07) is 11.2. The Morgan fingerprint density at radius 2 is 1.93 bits per heavy atom. The number of piperidine rings is 1. The molecule has 4 heteroatoms. The number of carbonyl (C=O) groups excluding carboxylic acids is 1. The minimum absolute atomic E-state index is 0.151. The van der Waals surface area contributed by atoms with E-state index in [9.17, 15) is 4.79 Å². The maximum atomic E-state index is 13.9. The van der Waals surface area contributed by atoms with Crippen LogP contribution in [0.15, 0.2) is 42.9 Å². The monoisotopic (exact) mass is 377 g/mol. The average molecular weight is 378 g/mol. The van der Waals surface area contributed by atoms with E-state index in [4.69, 9.17) is 0 Å². The molecule has 2 aromatic rings. The fourth-order valence-corrected chi connectivity index (χ4v) is 6.37. The van der Waals surface area contributed by atoms with E-state index in [0.717, 1.165) is 44.7 Å². The van der Waals surface area contributed by atoms with E-state index in [2.05, 4.69) is 51.7 Å². The molecule has 1 aromatic heterocycles. The summed E-state index contributed by atoms with van der Waals surface area (Å²) in [4.78, 5) is 20.4. The summed E-state index contributed by atoms with van der Waals surface area (Å²) in [7, 11) is 0. The standard InChI is InChI=1S/C24H31N3O/c1-18-16-25-17-27(18)22-9-11-26(12-10-22)23(28)24(14-19-5-3-2-4-6-19)15-20-7-8-21(24)13-20/h2-6,16-17,20-22H,7-15H2,1H3/t20-,21-,24+/m0/s1. The van der Waals surface area contributed by atoms with E-state index in [0.29, 0.717) is 17.9 Å². The maximum absolute atomic E-state index is 13.9. The topological polar surface area (TPSA) is 38.1 Å². The van der Waals surface area contributed by atoms with Crippen LogP contribution in [0.2, 0.25) is 0 Å². The molecule has 3 aliphatic rings. The first-order valence-electron chi connectivity index (χ1n) is 11.0. The molecule has 2 heterocycles. The molecule has 0 N–H and O–H groups in total. The molecule has 4 nitrogen and oxygen atoms in total. The number of aryl methyl sites for hydroxylation is 1. The predicted molar refractivity (Wildman–Crippen MR) is 110 cm³/mol. The van der Waals surface area contributed by atoms with Crippen molar-refractivity contribution in [3.8, 4) is 0 Å². The summed E-state index contributed by atoms with van der Waals surface area (Å²) in [5, 5.41) is 0. The average Bonchev–Trinajstić information content (AvgIpc) is 3.45. The summed E-state index contributed by atoms with van der Waals surface area (Å²) >= 11 is 0. The van der Waals surface area contributed by atoms with Gasteiger partial charge >= 0.3 is 0 Å². The summed E-state index contributed by atoms with van der Waals surface area (Å²) < 4.78 is 2.29. The van der Waals surface area contributed by atoms with Gasteiger partial charge in [0.1, 0.15) is 0 Å². The Balaban J connectivity index is 1.34. The van der Waals surface area contributed by atoms with Crippen LogP contribution in [-0.2, 0) is 11.2 Å². The zero-order valence-electron chi connectivity index (χ0n) is 16.9. The van der Waals surface area contributed by atoms with Gasteiger partial charge in [0, 0.05) is 31.0 Å². The van der Waals surface area contributed by atoms with Crippen LogP contribution in [0.1, 0.15) is 55.8 Å². The highest BCUT2D eigenvalue weighted by molar-refractivity contribution is 5.84. The molecule has 0 spiro atoms. The molecule has 1 aliphatic heterocycles. The Hall–Kier alpha value is -2.10. The van der Waals surface area contributed by atoms with E-state index in [1.807, 2.05) is 12.5 Å². The van der Waals surface area contributed by atoms with Gasteiger partial charge in [-0.3, -0.25) is 4.79 Å². The molecule has 0 unspecified atom stereocenters. The third-order valence-corrected chi connectivity index (χ3v) is 7.77. The van der Waals surface area contributed by atoms with Gasteiger partial charge in [-0.25, -0.2) is 4.98 Å². The number of carbonyl (C=O) groups is 1. The Bertz CT molecular complexity index is 837. The van der Waals surface area contributed by atoms with Gasteiger partial charge in [-0.2, -0.15) is 0 Å². The number of hydrogen-bond donors (Lipinski definition) is 0. The predicted octanol–water partition coefficient (Wildman–Crippen LogP) is 4.40. The lowest BCUT2D eigenvalue weighted by Gasteiger charge is -2.43. The molecule has 148 valence electrons. The van der Waals surface area contributed by atoms with E-state index >= 15 is 0 Å². The number of imidazole rings is 1. The van der Waals surface area contributed by atoms with Gasteiger partial charge in [-0.15, -0.1) is 0 Å². The smallest absolute Gasteiger partial charge is 0.229 e. The second-order valence-corrected chi connectivity index (χ2v) is 9.36. The minimum Gasteiger partial charge on any atom is -0.342 e. The summed E-state index contributed by atoms with van der Waals surface area (Å²) in [6.45, 7) is 3.89.